The van der Waals surface area contributed by atoms with Gasteiger partial charge in [-0.2, -0.15) is 0 Å². The Morgan fingerprint density at radius 2 is 2.06 bits per heavy atom. The fourth-order valence-electron chi connectivity index (χ4n) is 2.55. The topological polar surface area (TPSA) is 9.23 Å². The number of alkyl halides is 1. The standard InChI is InChI=1S/C13H16ClFO/c1-16-12-5-4-10(8-11(12)15)13(9-14)6-2-3-7-13/h4-5,8H,2-3,6-7,9H2,1H3. The maximum Gasteiger partial charge on any atom is 0.165 e. The second-order valence-corrected chi connectivity index (χ2v) is 4.74. The Morgan fingerprint density at radius 3 is 2.56 bits per heavy atom. The summed E-state index contributed by atoms with van der Waals surface area (Å²) in [5.74, 6) is 0.571. The molecular weight excluding hydrogens is 227 g/mol. The quantitative estimate of drug-likeness (QED) is 0.731. The van der Waals surface area contributed by atoms with Crippen molar-refractivity contribution in [3.05, 3.63) is 29.6 Å². The molecule has 0 amide bonds. The normalized spacial score (nSPS) is 18.7. The highest BCUT2D eigenvalue weighted by Gasteiger charge is 2.35. The van der Waals surface area contributed by atoms with Crippen LogP contribution < -0.4 is 4.74 Å². The number of hydrogen-bond acceptors (Lipinski definition) is 1. The third-order valence-electron chi connectivity index (χ3n) is 3.58. The van der Waals surface area contributed by atoms with Crippen molar-refractivity contribution >= 4 is 11.6 Å². The Morgan fingerprint density at radius 1 is 1.38 bits per heavy atom. The van der Waals surface area contributed by atoms with E-state index in [2.05, 4.69) is 0 Å². The molecular formula is C13H16ClFO. The third-order valence-corrected chi connectivity index (χ3v) is 4.09. The first-order valence-corrected chi connectivity index (χ1v) is 6.15. The first kappa shape index (κ1) is 11.7. The van der Waals surface area contributed by atoms with E-state index in [4.69, 9.17) is 16.3 Å². The van der Waals surface area contributed by atoms with Gasteiger partial charge >= 0.3 is 0 Å². The van der Waals surface area contributed by atoms with Crippen LogP contribution in [0.15, 0.2) is 18.2 Å². The van der Waals surface area contributed by atoms with Gasteiger partial charge in [0.05, 0.1) is 7.11 Å². The van der Waals surface area contributed by atoms with Crippen LogP contribution in [0.2, 0.25) is 0 Å². The number of ether oxygens (including phenoxy) is 1. The first-order chi connectivity index (χ1) is 7.72. The molecule has 0 unspecified atom stereocenters. The van der Waals surface area contributed by atoms with Gasteiger partial charge in [0.1, 0.15) is 0 Å². The molecule has 0 N–H and O–H groups in total. The molecule has 1 aliphatic carbocycles. The highest BCUT2D eigenvalue weighted by atomic mass is 35.5. The predicted molar refractivity (Wildman–Crippen MR) is 63.8 cm³/mol. The largest absolute Gasteiger partial charge is 0.494 e. The van der Waals surface area contributed by atoms with Gasteiger partial charge in [0.25, 0.3) is 0 Å². The van der Waals surface area contributed by atoms with Crippen LogP contribution in [0.4, 0.5) is 4.39 Å². The molecule has 1 aromatic carbocycles. The lowest BCUT2D eigenvalue weighted by Crippen LogP contribution is -2.24. The van der Waals surface area contributed by atoms with E-state index >= 15 is 0 Å². The fourth-order valence-corrected chi connectivity index (χ4v) is 2.97. The molecule has 1 nitrogen and oxygen atoms in total. The molecule has 1 aliphatic rings. The van der Waals surface area contributed by atoms with E-state index in [1.165, 1.54) is 20.0 Å². The molecule has 0 heterocycles. The molecule has 88 valence electrons. The molecule has 0 aliphatic heterocycles. The average Bonchev–Trinajstić information content (AvgIpc) is 2.78. The van der Waals surface area contributed by atoms with Crippen molar-refractivity contribution in [2.24, 2.45) is 0 Å². The van der Waals surface area contributed by atoms with Crippen LogP contribution in [-0.2, 0) is 5.41 Å². The molecule has 1 fully saturated rings. The monoisotopic (exact) mass is 242 g/mol. The maximum absolute atomic E-state index is 13.6. The summed E-state index contributed by atoms with van der Waals surface area (Å²) in [6.07, 6.45) is 4.48. The van der Waals surface area contributed by atoms with E-state index in [1.807, 2.05) is 6.07 Å². The Kier molecular flexibility index (Phi) is 3.38. The minimum absolute atomic E-state index is 0.0192. The van der Waals surface area contributed by atoms with Crippen LogP contribution in [0.25, 0.3) is 0 Å². The Bertz CT molecular complexity index is 372. The van der Waals surface area contributed by atoms with E-state index in [9.17, 15) is 4.39 Å². The van der Waals surface area contributed by atoms with Gasteiger partial charge in [-0.05, 0) is 30.5 Å². The van der Waals surface area contributed by atoms with Crippen molar-refractivity contribution in [3.8, 4) is 5.75 Å². The smallest absolute Gasteiger partial charge is 0.165 e. The van der Waals surface area contributed by atoms with Gasteiger partial charge in [0, 0.05) is 11.3 Å². The molecule has 0 saturated heterocycles. The zero-order valence-electron chi connectivity index (χ0n) is 9.43. The van der Waals surface area contributed by atoms with Gasteiger partial charge in [0.15, 0.2) is 11.6 Å². The number of rotatable bonds is 3. The van der Waals surface area contributed by atoms with Gasteiger partial charge in [-0.3, -0.25) is 0 Å². The average molecular weight is 243 g/mol. The van der Waals surface area contributed by atoms with Crippen LogP contribution in [0, 0.1) is 5.82 Å². The molecule has 1 saturated carbocycles. The first-order valence-electron chi connectivity index (χ1n) is 5.62. The third kappa shape index (κ3) is 1.91. The summed E-state index contributed by atoms with van der Waals surface area (Å²) < 4.78 is 18.6. The van der Waals surface area contributed by atoms with Crippen LogP contribution in [0.5, 0.6) is 5.75 Å². The summed E-state index contributed by atoms with van der Waals surface area (Å²) in [5, 5.41) is 0. The number of methoxy groups -OCH3 is 1. The summed E-state index contributed by atoms with van der Waals surface area (Å²) in [5.41, 5.74) is 0.993. The van der Waals surface area contributed by atoms with E-state index in [0.717, 1.165) is 18.4 Å². The minimum Gasteiger partial charge on any atom is -0.494 e. The SMILES string of the molecule is COc1ccc(C2(CCl)CCCC2)cc1F. The molecule has 0 aromatic heterocycles. The molecule has 0 radical (unpaired) electrons. The molecule has 0 atom stereocenters. The van der Waals surface area contributed by atoms with Crippen LogP contribution >= 0.6 is 11.6 Å². The highest BCUT2D eigenvalue weighted by molar-refractivity contribution is 6.18. The van der Waals surface area contributed by atoms with Crippen molar-refractivity contribution < 1.29 is 9.13 Å². The van der Waals surface area contributed by atoms with Gasteiger partial charge in [0.2, 0.25) is 0 Å². The van der Waals surface area contributed by atoms with Crippen molar-refractivity contribution in [2.45, 2.75) is 31.1 Å². The van der Waals surface area contributed by atoms with Gasteiger partial charge in [-0.1, -0.05) is 18.9 Å². The summed E-state index contributed by atoms with van der Waals surface area (Å²) in [7, 11) is 1.48. The van der Waals surface area contributed by atoms with E-state index < -0.39 is 0 Å². The lowest BCUT2D eigenvalue weighted by Gasteiger charge is -2.27. The van der Waals surface area contributed by atoms with E-state index in [1.54, 1.807) is 12.1 Å². The molecule has 16 heavy (non-hydrogen) atoms. The van der Waals surface area contributed by atoms with Crippen molar-refractivity contribution in [3.63, 3.8) is 0 Å². The van der Waals surface area contributed by atoms with Gasteiger partial charge < -0.3 is 4.74 Å². The molecule has 0 spiro atoms. The molecule has 2 rings (SSSR count). The van der Waals surface area contributed by atoms with Crippen LogP contribution in [-0.4, -0.2) is 13.0 Å². The van der Waals surface area contributed by atoms with Gasteiger partial charge in [-0.25, -0.2) is 4.39 Å². The summed E-state index contributed by atoms with van der Waals surface area (Å²) in [6.45, 7) is 0. The van der Waals surface area contributed by atoms with Crippen molar-refractivity contribution in [1.29, 1.82) is 0 Å². The Labute approximate surface area is 101 Å². The van der Waals surface area contributed by atoms with Crippen LogP contribution in [0.1, 0.15) is 31.2 Å². The lowest BCUT2D eigenvalue weighted by atomic mass is 9.81. The van der Waals surface area contributed by atoms with Crippen molar-refractivity contribution in [1.82, 2.24) is 0 Å². The van der Waals surface area contributed by atoms with Crippen LogP contribution in [0.3, 0.4) is 0 Å². The summed E-state index contributed by atoms with van der Waals surface area (Å²) in [4.78, 5) is 0. The second-order valence-electron chi connectivity index (χ2n) is 4.47. The highest BCUT2D eigenvalue weighted by Crippen LogP contribution is 2.42. The Balaban J connectivity index is 2.36. The summed E-state index contributed by atoms with van der Waals surface area (Å²) in [6, 6.07) is 5.21. The lowest BCUT2D eigenvalue weighted by molar-refractivity contribution is 0.384. The molecule has 1 aromatic rings. The zero-order valence-corrected chi connectivity index (χ0v) is 10.2. The van der Waals surface area contributed by atoms with Gasteiger partial charge in [-0.15, -0.1) is 11.6 Å². The molecule has 0 bridgehead atoms. The molecule has 3 heteroatoms. The number of halogens is 2. The number of hydrogen-bond donors (Lipinski definition) is 0. The van der Waals surface area contributed by atoms with E-state index in [0.29, 0.717) is 11.6 Å². The zero-order chi connectivity index (χ0) is 11.6. The number of benzene rings is 1. The summed E-state index contributed by atoms with van der Waals surface area (Å²) >= 11 is 6.07. The minimum atomic E-state index is -0.295. The maximum atomic E-state index is 13.6. The Hall–Kier alpha value is -0.760. The second kappa shape index (κ2) is 4.62. The predicted octanol–water partition coefficient (Wildman–Crippen LogP) is 3.88. The fraction of sp³-hybridized carbons (Fsp3) is 0.538. The van der Waals surface area contributed by atoms with Crippen molar-refractivity contribution in [2.75, 3.05) is 13.0 Å². The van der Waals surface area contributed by atoms with E-state index in [-0.39, 0.29) is 11.2 Å².